The molecule has 1 fully saturated rings. The number of amides is 4. The molecular weight excluding hydrogens is 848 g/mol. The van der Waals surface area contributed by atoms with E-state index in [0.29, 0.717) is 24.0 Å². The molecule has 1 saturated heterocycles. The van der Waals surface area contributed by atoms with Gasteiger partial charge >= 0.3 is 7.82 Å². The predicted octanol–water partition coefficient (Wildman–Crippen LogP) is 6.81. The van der Waals surface area contributed by atoms with E-state index in [0.717, 1.165) is 11.1 Å². The zero-order chi connectivity index (χ0) is 46.8. The standard InChI is InChI=1S/C50H63N4O10P/c1-35(2)28-42(46(56)50(5)34-61-50)52-49(59)44(30-38-20-12-7-13-21-38)54-48(58)43(29-36(3)4)53-47(57)41(27-26-37-18-10-6-11-19-37)51-45(55)33-64-65(60,62-31-39-22-14-8-15-23-39)63-32-40-24-16-9-17-25-40/h6-25,35-36,41-44H,26-34H2,1-5H3,(H,51,55)(H,52,59)(H,53,57)(H,54,58)/t41-,42-,43-,44-,50+/m0/s1. The van der Waals surface area contributed by atoms with Crippen LogP contribution in [0.5, 0.6) is 0 Å². The fourth-order valence-corrected chi connectivity index (χ4v) is 8.18. The molecule has 0 aromatic heterocycles. The topological polar surface area (TPSA) is 191 Å². The first-order valence-electron chi connectivity index (χ1n) is 22.2. The molecule has 14 nitrogen and oxygen atoms in total. The lowest BCUT2D eigenvalue weighted by Crippen LogP contribution is -2.59. The minimum absolute atomic E-state index is 0.0757. The van der Waals surface area contributed by atoms with Crippen molar-refractivity contribution in [2.24, 2.45) is 11.8 Å². The summed E-state index contributed by atoms with van der Waals surface area (Å²) < 4.78 is 36.3. The number of aryl methyl sites for hydroxylation is 1. The van der Waals surface area contributed by atoms with E-state index < -0.39 is 67.8 Å². The molecule has 0 saturated carbocycles. The van der Waals surface area contributed by atoms with Crippen LogP contribution in [0.2, 0.25) is 0 Å². The highest BCUT2D eigenvalue weighted by Gasteiger charge is 2.50. The van der Waals surface area contributed by atoms with Gasteiger partial charge in [-0.1, -0.05) is 149 Å². The molecule has 5 atom stereocenters. The largest absolute Gasteiger partial charge is 0.475 e. The summed E-state index contributed by atoms with van der Waals surface area (Å²) in [4.78, 5) is 69.7. The Kier molecular flexibility index (Phi) is 19.2. The van der Waals surface area contributed by atoms with Gasteiger partial charge in [-0.05, 0) is 66.7 Å². The van der Waals surface area contributed by atoms with Crippen molar-refractivity contribution in [2.75, 3.05) is 13.2 Å². The van der Waals surface area contributed by atoms with E-state index in [9.17, 15) is 28.5 Å². The number of phosphoric acid groups is 1. The Bertz CT molecular complexity index is 2140. The third-order valence-corrected chi connectivity index (χ3v) is 12.1. The summed E-state index contributed by atoms with van der Waals surface area (Å²) in [6, 6.07) is 32.4. The van der Waals surface area contributed by atoms with Gasteiger partial charge < -0.3 is 26.0 Å². The number of ketones is 1. The molecule has 5 rings (SSSR count). The molecular formula is C50H63N4O10P. The van der Waals surface area contributed by atoms with E-state index >= 15 is 0 Å². The maximum Gasteiger partial charge on any atom is 0.475 e. The molecule has 1 aliphatic rings. The number of epoxide rings is 1. The zero-order valence-electron chi connectivity index (χ0n) is 37.9. The van der Waals surface area contributed by atoms with Crippen LogP contribution < -0.4 is 21.3 Å². The van der Waals surface area contributed by atoms with Crippen LogP contribution in [0, 0.1) is 11.8 Å². The van der Waals surface area contributed by atoms with Crippen LogP contribution in [0.4, 0.5) is 0 Å². The SMILES string of the molecule is CC(C)C[C@H](NC(=O)[C@H](CCc1ccccc1)NC(=O)COP(=O)(OCc1ccccc1)OCc1ccccc1)C(=O)N[C@@H](Cc1ccccc1)C(=O)N[C@@H](CC(C)C)C(=O)[C@@]1(C)CO1. The zero-order valence-corrected chi connectivity index (χ0v) is 38.8. The lowest BCUT2D eigenvalue weighted by Gasteiger charge is -2.28. The summed E-state index contributed by atoms with van der Waals surface area (Å²) in [6.07, 6.45) is 1.21. The first-order valence-corrected chi connectivity index (χ1v) is 23.7. The molecule has 0 spiro atoms. The van der Waals surface area contributed by atoms with Crippen LogP contribution in [0.25, 0.3) is 0 Å². The van der Waals surface area contributed by atoms with Gasteiger partial charge in [0.05, 0.1) is 25.9 Å². The van der Waals surface area contributed by atoms with Crippen LogP contribution >= 0.6 is 7.82 Å². The Hall–Kier alpha value is -5.50. The number of ether oxygens (including phenoxy) is 1. The Morgan fingerprint density at radius 3 is 1.48 bits per heavy atom. The van der Waals surface area contributed by atoms with E-state index in [4.69, 9.17) is 18.3 Å². The van der Waals surface area contributed by atoms with Crippen molar-refractivity contribution in [1.82, 2.24) is 21.3 Å². The van der Waals surface area contributed by atoms with Crippen molar-refractivity contribution in [3.63, 3.8) is 0 Å². The smallest absolute Gasteiger partial charge is 0.361 e. The normalized spacial score (nSPS) is 16.5. The quantitative estimate of drug-likeness (QED) is 0.0365. The highest BCUT2D eigenvalue weighted by molar-refractivity contribution is 7.48. The van der Waals surface area contributed by atoms with Gasteiger partial charge in [0.15, 0.2) is 5.78 Å². The minimum atomic E-state index is -4.33. The monoisotopic (exact) mass is 910 g/mol. The number of phosphoric ester groups is 1. The number of carbonyl (C=O) groups excluding carboxylic acids is 5. The van der Waals surface area contributed by atoms with E-state index in [-0.39, 0.29) is 56.7 Å². The second-order valence-corrected chi connectivity index (χ2v) is 19.1. The minimum Gasteiger partial charge on any atom is -0.361 e. The fraction of sp³-hybridized carbons (Fsp3) is 0.420. The van der Waals surface area contributed by atoms with Crippen LogP contribution in [0.15, 0.2) is 121 Å². The van der Waals surface area contributed by atoms with Crippen molar-refractivity contribution in [3.8, 4) is 0 Å². The number of rotatable bonds is 27. The third kappa shape index (κ3) is 17.1. The van der Waals surface area contributed by atoms with Gasteiger partial charge in [0.1, 0.15) is 30.3 Å². The highest BCUT2D eigenvalue weighted by Crippen LogP contribution is 2.51. The number of Topliss-reactive ketones (excluding diaryl/α,β-unsaturated/α-hetero) is 1. The summed E-state index contributed by atoms with van der Waals surface area (Å²) in [5.41, 5.74) is 2.12. The number of nitrogens with one attached hydrogen (secondary N) is 4. The molecule has 4 amide bonds. The summed E-state index contributed by atoms with van der Waals surface area (Å²) in [7, 11) is -4.33. The Labute approximate surface area is 382 Å². The van der Waals surface area contributed by atoms with Crippen LogP contribution in [-0.4, -0.2) is 72.4 Å². The van der Waals surface area contributed by atoms with Crippen molar-refractivity contribution < 1.29 is 46.8 Å². The molecule has 0 radical (unpaired) electrons. The summed E-state index contributed by atoms with van der Waals surface area (Å²) >= 11 is 0. The third-order valence-electron chi connectivity index (χ3n) is 10.7. The molecule has 65 heavy (non-hydrogen) atoms. The molecule has 0 unspecified atom stereocenters. The van der Waals surface area contributed by atoms with Gasteiger partial charge in [0.2, 0.25) is 23.6 Å². The van der Waals surface area contributed by atoms with Crippen molar-refractivity contribution >= 4 is 37.2 Å². The van der Waals surface area contributed by atoms with Crippen molar-refractivity contribution in [2.45, 2.75) is 110 Å². The van der Waals surface area contributed by atoms with E-state index in [2.05, 4.69) is 21.3 Å². The first-order chi connectivity index (χ1) is 31.1. The number of hydrogen-bond acceptors (Lipinski definition) is 10. The predicted molar refractivity (Wildman–Crippen MR) is 247 cm³/mol. The lowest BCUT2D eigenvalue weighted by molar-refractivity contribution is -0.135. The van der Waals surface area contributed by atoms with Gasteiger partial charge in [-0.25, -0.2) is 4.57 Å². The van der Waals surface area contributed by atoms with E-state index in [1.165, 1.54) is 0 Å². The van der Waals surface area contributed by atoms with Gasteiger partial charge in [-0.15, -0.1) is 0 Å². The Morgan fingerprint density at radius 1 is 0.569 bits per heavy atom. The van der Waals surface area contributed by atoms with Gasteiger partial charge in [-0.3, -0.25) is 37.5 Å². The first kappa shape index (κ1) is 50.5. The summed E-state index contributed by atoms with van der Waals surface area (Å²) in [5, 5.41) is 11.3. The van der Waals surface area contributed by atoms with Crippen LogP contribution in [-0.2, 0) is 72.9 Å². The molecule has 1 aliphatic heterocycles. The molecule has 4 aromatic rings. The molecule has 4 aromatic carbocycles. The molecule has 348 valence electrons. The fourth-order valence-electron chi connectivity index (χ4n) is 7.07. The molecule has 15 heteroatoms. The van der Waals surface area contributed by atoms with Crippen LogP contribution in [0.1, 0.15) is 76.1 Å². The van der Waals surface area contributed by atoms with Crippen LogP contribution in [0.3, 0.4) is 0 Å². The number of benzene rings is 4. The lowest BCUT2D eigenvalue weighted by atomic mass is 9.93. The van der Waals surface area contributed by atoms with E-state index in [1.54, 1.807) is 55.5 Å². The maximum absolute atomic E-state index is 14.3. The second-order valence-electron chi connectivity index (χ2n) is 17.4. The molecule has 4 N–H and O–H groups in total. The number of hydrogen-bond donors (Lipinski definition) is 4. The highest BCUT2D eigenvalue weighted by atomic mass is 31.2. The summed E-state index contributed by atoms with van der Waals surface area (Å²) in [5.74, 6) is -2.82. The van der Waals surface area contributed by atoms with Gasteiger partial charge in [0.25, 0.3) is 0 Å². The Balaban J connectivity index is 1.32. The second kappa shape index (κ2) is 24.7. The molecule has 1 heterocycles. The van der Waals surface area contributed by atoms with Gasteiger partial charge in [0, 0.05) is 6.42 Å². The van der Waals surface area contributed by atoms with Crippen molar-refractivity contribution in [3.05, 3.63) is 144 Å². The maximum atomic E-state index is 14.3. The average Bonchev–Trinajstić information content (AvgIpc) is 4.06. The molecule has 0 aliphatic carbocycles. The number of carbonyl (C=O) groups is 5. The van der Waals surface area contributed by atoms with Crippen molar-refractivity contribution in [1.29, 1.82) is 0 Å². The van der Waals surface area contributed by atoms with Gasteiger partial charge in [-0.2, -0.15) is 0 Å². The molecule has 0 bridgehead atoms. The van der Waals surface area contributed by atoms with E-state index in [1.807, 2.05) is 100 Å². The Morgan fingerprint density at radius 2 is 0.985 bits per heavy atom. The average molecular weight is 911 g/mol. The summed E-state index contributed by atoms with van der Waals surface area (Å²) in [6.45, 7) is 8.66.